The number of H-pyrrole nitrogens is 1. The quantitative estimate of drug-likeness (QED) is 0.0632. The van der Waals surface area contributed by atoms with E-state index in [1.807, 2.05) is 207 Å². The van der Waals surface area contributed by atoms with Crippen molar-refractivity contribution in [1.82, 2.24) is 69.1 Å². The number of methoxy groups -OCH3 is 1. The summed E-state index contributed by atoms with van der Waals surface area (Å²) in [4.78, 5) is 86.7. The van der Waals surface area contributed by atoms with Crippen molar-refractivity contribution in [3.8, 4) is 20.0 Å². The number of aliphatic imine (C=N–C) groups is 4. The average Bonchev–Trinajstić information content (AvgIpc) is 1.63. The van der Waals surface area contributed by atoms with Crippen molar-refractivity contribution >= 4 is 138 Å². The molecule has 0 bridgehead atoms. The minimum atomic E-state index is -0.592. The summed E-state index contributed by atoms with van der Waals surface area (Å²) in [5.74, 6) is 3.82. The minimum Gasteiger partial charge on any atom is -0.460 e. The Morgan fingerprint density at radius 3 is 1.22 bits per heavy atom. The molecule has 0 saturated heterocycles. The number of fused-ring (bicyclic) bond motifs is 12. The number of aryl methyl sites for hydroxylation is 6. The number of amides is 1. The lowest BCUT2D eigenvalue weighted by atomic mass is 9.99. The highest BCUT2D eigenvalue weighted by molar-refractivity contribution is 7.16. The molecule has 2 N–H and O–H groups in total. The fourth-order valence-corrected chi connectivity index (χ4v) is 20.1. The number of aromatic amines is 1. The van der Waals surface area contributed by atoms with Crippen LogP contribution in [0.3, 0.4) is 0 Å². The van der Waals surface area contributed by atoms with Crippen LogP contribution in [0.5, 0.6) is 0 Å². The molecular formula is C93H98Cl4N18O8S4. The summed E-state index contributed by atoms with van der Waals surface area (Å²) in [6, 6.07) is 30.5. The van der Waals surface area contributed by atoms with E-state index in [0.29, 0.717) is 56.4 Å². The molecule has 13 heterocycles. The first-order valence-electron chi connectivity index (χ1n) is 41.2. The van der Waals surface area contributed by atoms with E-state index in [1.165, 1.54) is 20.2 Å². The minimum absolute atomic E-state index is 0.0481. The summed E-state index contributed by atoms with van der Waals surface area (Å²) in [7, 11) is 1.62. The monoisotopic (exact) mass is 1860 g/mol. The van der Waals surface area contributed by atoms with Crippen LogP contribution in [0.15, 0.2) is 147 Å². The van der Waals surface area contributed by atoms with Crippen molar-refractivity contribution in [2.45, 2.75) is 204 Å². The van der Waals surface area contributed by atoms with Crippen LogP contribution < -0.4 is 5.32 Å². The van der Waals surface area contributed by atoms with E-state index in [2.05, 4.69) is 102 Å². The Kier molecular flexibility index (Phi) is 27.8. The SMILES string of the molecule is COCc1nnc2n1-c1sc(C)c(C)c1C(c1ccc(Cl)cc1)=N[C@H]2CC(=O)OC(C)(C)C.Cc1nnc2n1-c1sccc1C(c1ccc(Cl)cc1)=N[C@H]2CC(=O)OC(C)(C)C.Cc1sc2c(c1C)C(c1ccc(Cl)cc1)=NC(CC(=O)OC(C)(C)C)c1ncc(C)n1-2.Cc1sc2c(c1C)C(c1ccc(Cl)cc1)=N[C@@H](CC(=O)NCCc1cnc[nH]1)c1nnc(C)n1-2. The van der Waals surface area contributed by atoms with Crippen LogP contribution in [0.2, 0.25) is 20.1 Å². The zero-order valence-corrected chi connectivity index (χ0v) is 80.2. The summed E-state index contributed by atoms with van der Waals surface area (Å²) in [5.41, 5.74) is 14.9. The molecule has 4 aromatic carbocycles. The number of imidazole rings is 2. The molecule has 4 atom stereocenters. The number of nitrogens with zero attached hydrogens (tertiary/aromatic N) is 16. The molecule has 9 aromatic heterocycles. The molecule has 0 spiro atoms. The predicted octanol–water partition coefficient (Wildman–Crippen LogP) is 20.7. The van der Waals surface area contributed by atoms with E-state index in [-0.39, 0.29) is 56.1 Å². The van der Waals surface area contributed by atoms with Gasteiger partial charge in [-0.05, 0) is 201 Å². The standard InChI is InChI=1S/C24H24ClN7OS.C24H27ClN4O3S.C24H26ClN3O2S.C21H21ClN4O2S/c1-13-14(2)34-24-21(13)22(16-4-6-17(25)7-5-16)29-19(23-31-30-15(3)32(23)24)10-20(33)27-9-8-18-11-26-12-28-18;1-13-14(2)33-23-20(13)21(15-7-9-16(25)10-8-15)26-17(11-19(30)32-24(3,4)5)22-28-27-18(12-31-6)29(22)23;1-13-12-26-22-18(11-19(29)30-24(4,5)6)27-21(16-7-9-17(25)10-8-16)20-14(2)15(3)31-23(20)28(13)22;1-12-24-25-19-16(11-17(27)28-21(2,3)4)23-18(13-5-7-14(22)8-6-13)15-9-10-29-20(15)26(12)19/h4-7,11-12,19H,8-10H2,1-3H3,(H,26,28)(H,27,33);7-10,17H,11-12H2,1-6H3;7-10,12,18H,11H2,1-6H3;5-10,16H,11H2,1-4H3/t19-;17-;;16-/m00.0/s1. The van der Waals surface area contributed by atoms with E-state index in [9.17, 15) is 19.2 Å². The molecule has 0 fully saturated rings. The second-order valence-corrected chi connectivity index (χ2v) is 40.3. The molecule has 34 heteroatoms. The van der Waals surface area contributed by atoms with E-state index >= 15 is 0 Å². The van der Waals surface area contributed by atoms with Crippen LogP contribution in [-0.4, -0.2) is 141 Å². The van der Waals surface area contributed by atoms with Gasteiger partial charge in [-0.25, -0.2) is 9.97 Å². The molecule has 17 rings (SSSR count). The topological polar surface area (TPSA) is 305 Å². The molecule has 1 amide bonds. The van der Waals surface area contributed by atoms with Gasteiger partial charge < -0.3 is 29.2 Å². The molecule has 660 valence electrons. The number of halogens is 4. The van der Waals surface area contributed by atoms with Gasteiger partial charge in [0.2, 0.25) is 5.91 Å². The molecule has 26 nitrogen and oxygen atoms in total. The number of esters is 3. The third kappa shape index (κ3) is 20.8. The fraction of sp³-hybridized carbons (Fsp3) is 0.355. The normalized spacial score (nSPS) is 15.5. The molecule has 4 aliphatic rings. The number of benzene rings is 4. The first-order valence-corrected chi connectivity index (χ1v) is 46.1. The molecular weight excluding hydrogens is 1770 g/mol. The Morgan fingerprint density at radius 1 is 0.441 bits per heavy atom. The van der Waals surface area contributed by atoms with E-state index in [1.54, 1.807) is 65.0 Å². The van der Waals surface area contributed by atoms with Crippen LogP contribution in [0, 0.1) is 62.3 Å². The third-order valence-corrected chi connectivity index (χ3v) is 26.5. The van der Waals surface area contributed by atoms with Gasteiger partial charge in [0, 0.05) is 123 Å². The zero-order chi connectivity index (χ0) is 91.0. The van der Waals surface area contributed by atoms with Gasteiger partial charge in [-0.15, -0.1) is 75.9 Å². The van der Waals surface area contributed by atoms with Gasteiger partial charge >= 0.3 is 17.9 Å². The number of thiophene rings is 4. The first kappa shape index (κ1) is 92.4. The van der Waals surface area contributed by atoms with Crippen molar-refractivity contribution in [1.29, 1.82) is 0 Å². The molecule has 0 radical (unpaired) electrons. The van der Waals surface area contributed by atoms with Crippen LogP contribution in [0.25, 0.3) is 20.0 Å². The van der Waals surface area contributed by atoms with Crippen LogP contribution in [-0.2, 0) is 51.2 Å². The van der Waals surface area contributed by atoms with Crippen molar-refractivity contribution in [2.24, 2.45) is 20.0 Å². The largest absolute Gasteiger partial charge is 0.460 e. The summed E-state index contributed by atoms with van der Waals surface area (Å²) >= 11 is 31.2. The highest BCUT2D eigenvalue weighted by atomic mass is 35.5. The maximum atomic E-state index is 12.9. The van der Waals surface area contributed by atoms with E-state index in [0.717, 1.165) is 127 Å². The summed E-state index contributed by atoms with van der Waals surface area (Å²) in [6.45, 7) is 36.0. The molecule has 127 heavy (non-hydrogen) atoms. The number of rotatable bonds is 17. The van der Waals surface area contributed by atoms with Crippen molar-refractivity contribution in [2.75, 3.05) is 13.7 Å². The number of nitrogens with one attached hydrogen (secondary N) is 2. The first-order chi connectivity index (χ1) is 60.3. The van der Waals surface area contributed by atoms with Crippen molar-refractivity contribution < 1.29 is 38.1 Å². The number of carbonyl (C=O) groups excluding carboxylic acids is 4. The Labute approximate surface area is 773 Å². The number of carbonyl (C=O) groups is 4. The highest BCUT2D eigenvalue weighted by Crippen LogP contribution is 2.45. The zero-order valence-electron chi connectivity index (χ0n) is 73.9. The van der Waals surface area contributed by atoms with Crippen LogP contribution in [0.4, 0.5) is 0 Å². The molecule has 13 aromatic rings. The Balaban J connectivity index is 0.000000137. The lowest BCUT2D eigenvalue weighted by molar-refractivity contribution is -0.156. The number of ether oxygens (including phenoxy) is 4. The van der Waals surface area contributed by atoms with Gasteiger partial charge in [0.1, 0.15) is 85.1 Å². The molecule has 0 saturated carbocycles. The Hall–Kier alpha value is -10.8. The molecule has 4 aliphatic heterocycles. The summed E-state index contributed by atoms with van der Waals surface area (Å²) < 4.78 is 30.3. The van der Waals surface area contributed by atoms with Gasteiger partial charge in [-0.1, -0.05) is 94.9 Å². The number of aromatic nitrogens is 13. The second-order valence-electron chi connectivity index (χ2n) is 34.0. The lowest BCUT2D eigenvalue weighted by Gasteiger charge is -2.21. The maximum absolute atomic E-state index is 12.9. The number of hydrogen-bond donors (Lipinski definition) is 2. The van der Waals surface area contributed by atoms with Crippen LogP contribution >= 0.6 is 91.8 Å². The van der Waals surface area contributed by atoms with Gasteiger partial charge in [0.05, 0.1) is 54.9 Å². The summed E-state index contributed by atoms with van der Waals surface area (Å²) in [5, 5.41) is 37.9. The third-order valence-electron chi connectivity index (χ3n) is 21.0. The van der Waals surface area contributed by atoms with Gasteiger partial charge in [0.25, 0.3) is 0 Å². The van der Waals surface area contributed by atoms with Gasteiger partial charge in [-0.2, -0.15) is 0 Å². The second kappa shape index (κ2) is 38.2. The maximum Gasteiger partial charge on any atom is 0.308 e. The molecule has 0 aliphatic carbocycles. The van der Waals surface area contributed by atoms with E-state index in [4.69, 9.17) is 85.3 Å². The molecule has 1 unspecified atom stereocenters. The lowest BCUT2D eigenvalue weighted by Crippen LogP contribution is -2.27. The fourth-order valence-electron chi connectivity index (χ4n) is 15.0. The van der Waals surface area contributed by atoms with Crippen molar-refractivity contribution in [3.63, 3.8) is 0 Å². The predicted molar refractivity (Wildman–Crippen MR) is 503 cm³/mol. The smallest absolute Gasteiger partial charge is 0.308 e. The van der Waals surface area contributed by atoms with Crippen molar-refractivity contribution in [3.05, 3.63) is 275 Å². The highest BCUT2D eigenvalue weighted by Gasteiger charge is 2.39. The number of hydrogen-bond acceptors (Lipinski definition) is 24. The van der Waals surface area contributed by atoms with Gasteiger partial charge in [-0.3, -0.25) is 57.4 Å². The van der Waals surface area contributed by atoms with Crippen LogP contribution in [0.1, 0.15) is 240 Å². The Bertz CT molecular complexity index is 6400. The van der Waals surface area contributed by atoms with Gasteiger partial charge in [0.15, 0.2) is 23.3 Å². The van der Waals surface area contributed by atoms with E-state index < -0.39 is 41.0 Å². The average molecular weight is 1870 g/mol. The Morgan fingerprint density at radius 2 is 0.811 bits per heavy atom. The summed E-state index contributed by atoms with van der Waals surface area (Å²) in [6.07, 6.45) is 6.34.